The summed E-state index contributed by atoms with van der Waals surface area (Å²) in [5.41, 5.74) is 0. The van der Waals surface area contributed by atoms with E-state index in [1.165, 1.54) is 16.4 Å². The maximum absolute atomic E-state index is 12.9. The fraction of sp³-hybridized carbons (Fsp3) is 0.611. The minimum absolute atomic E-state index is 0.0597. The van der Waals surface area contributed by atoms with Crippen molar-refractivity contribution in [1.29, 1.82) is 0 Å². The molecule has 0 radical (unpaired) electrons. The van der Waals surface area contributed by atoms with Crippen LogP contribution in [-0.4, -0.2) is 74.2 Å². The molecule has 6 nitrogen and oxygen atoms in total. The van der Waals surface area contributed by atoms with Gasteiger partial charge in [-0.2, -0.15) is 4.31 Å². The van der Waals surface area contributed by atoms with Gasteiger partial charge in [-0.25, -0.2) is 8.42 Å². The summed E-state index contributed by atoms with van der Waals surface area (Å²) in [6.45, 7) is 5.80. The third kappa shape index (κ3) is 4.77. The standard InChI is InChI=1S/C18H25Cl2N3O3S/c1-14-5-7-21(8-6-14)13-17(24)22-9-11-23(12-10-22)27(25,26)18-15(19)3-2-4-16(18)20/h2-4,14H,5-13H2,1H3. The highest BCUT2D eigenvalue weighted by molar-refractivity contribution is 7.89. The lowest BCUT2D eigenvalue weighted by Crippen LogP contribution is -2.53. The highest BCUT2D eigenvalue weighted by atomic mass is 35.5. The summed E-state index contributed by atoms with van der Waals surface area (Å²) in [6, 6.07) is 4.64. The van der Waals surface area contributed by atoms with Crippen LogP contribution in [0.2, 0.25) is 10.0 Å². The summed E-state index contributed by atoms with van der Waals surface area (Å²) in [5.74, 6) is 0.791. The van der Waals surface area contributed by atoms with Crippen molar-refractivity contribution in [2.24, 2.45) is 5.92 Å². The second-order valence-electron chi connectivity index (χ2n) is 7.29. The van der Waals surface area contributed by atoms with Gasteiger partial charge in [-0.3, -0.25) is 9.69 Å². The van der Waals surface area contributed by atoms with Crippen molar-refractivity contribution in [3.8, 4) is 0 Å². The Morgan fingerprint density at radius 2 is 1.59 bits per heavy atom. The molecular formula is C18H25Cl2N3O3S. The number of carbonyl (C=O) groups is 1. The monoisotopic (exact) mass is 433 g/mol. The quantitative estimate of drug-likeness (QED) is 0.731. The number of nitrogens with zero attached hydrogens (tertiary/aromatic N) is 3. The van der Waals surface area contributed by atoms with E-state index < -0.39 is 10.0 Å². The van der Waals surface area contributed by atoms with Gasteiger partial charge in [0.25, 0.3) is 0 Å². The molecule has 2 aliphatic rings. The fourth-order valence-electron chi connectivity index (χ4n) is 3.55. The highest BCUT2D eigenvalue weighted by Crippen LogP contribution is 2.31. The molecule has 1 aromatic rings. The molecule has 2 aliphatic heterocycles. The van der Waals surface area contributed by atoms with E-state index in [-0.39, 0.29) is 33.9 Å². The average Bonchev–Trinajstić information content (AvgIpc) is 2.63. The van der Waals surface area contributed by atoms with Crippen molar-refractivity contribution in [2.45, 2.75) is 24.7 Å². The number of hydrogen-bond donors (Lipinski definition) is 0. The van der Waals surface area contributed by atoms with Crippen LogP contribution in [0.25, 0.3) is 0 Å². The Morgan fingerprint density at radius 1 is 1.04 bits per heavy atom. The zero-order chi connectivity index (χ0) is 19.6. The summed E-state index contributed by atoms with van der Waals surface area (Å²) >= 11 is 12.1. The van der Waals surface area contributed by atoms with E-state index in [0.717, 1.165) is 31.8 Å². The van der Waals surface area contributed by atoms with Gasteiger partial charge in [0.05, 0.1) is 16.6 Å². The zero-order valence-electron chi connectivity index (χ0n) is 15.4. The van der Waals surface area contributed by atoms with Crippen LogP contribution in [0.3, 0.4) is 0 Å². The summed E-state index contributed by atoms with van der Waals surface area (Å²) in [7, 11) is -3.78. The molecule has 1 aromatic carbocycles. The second-order valence-corrected chi connectivity index (χ2v) is 9.98. The molecule has 2 heterocycles. The first-order valence-corrected chi connectivity index (χ1v) is 11.4. The van der Waals surface area contributed by atoms with Crippen LogP contribution >= 0.6 is 23.2 Å². The van der Waals surface area contributed by atoms with E-state index in [1.807, 2.05) is 0 Å². The Hall–Kier alpha value is -0.860. The smallest absolute Gasteiger partial charge is 0.246 e. The Bertz CT molecular complexity index is 767. The molecule has 0 aliphatic carbocycles. The highest BCUT2D eigenvalue weighted by Gasteiger charge is 2.33. The normalized spacial score (nSPS) is 20.8. The van der Waals surface area contributed by atoms with Gasteiger partial charge in [0.15, 0.2) is 0 Å². The summed E-state index contributed by atoms with van der Waals surface area (Å²) in [6.07, 6.45) is 2.25. The lowest BCUT2D eigenvalue weighted by atomic mass is 9.99. The van der Waals surface area contributed by atoms with Crippen LogP contribution in [0.15, 0.2) is 23.1 Å². The number of carbonyl (C=O) groups excluding carboxylic acids is 1. The van der Waals surface area contributed by atoms with Gasteiger partial charge in [-0.05, 0) is 44.0 Å². The Morgan fingerprint density at radius 3 is 2.15 bits per heavy atom. The maximum atomic E-state index is 12.9. The van der Waals surface area contributed by atoms with Crippen LogP contribution in [0, 0.1) is 5.92 Å². The number of halogens is 2. The number of benzene rings is 1. The van der Waals surface area contributed by atoms with E-state index in [4.69, 9.17) is 23.2 Å². The molecule has 2 fully saturated rings. The molecule has 9 heteroatoms. The molecule has 3 rings (SSSR count). The van der Waals surface area contributed by atoms with Crippen LogP contribution in [0.5, 0.6) is 0 Å². The first kappa shape index (κ1) is 20.9. The Kier molecular flexibility index (Phi) is 6.69. The molecule has 0 unspecified atom stereocenters. The number of sulfonamides is 1. The molecule has 0 atom stereocenters. The van der Waals surface area contributed by atoms with Gasteiger partial charge < -0.3 is 4.90 Å². The minimum atomic E-state index is -3.78. The van der Waals surface area contributed by atoms with Gasteiger partial charge in [0.1, 0.15) is 4.90 Å². The lowest BCUT2D eigenvalue weighted by Gasteiger charge is -2.36. The van der Waals surface area contributed by atoms with E-state index in [0.29, 0.717) is 19.6 Å². The predicted molar refractivity (Wildman–Crippen MR) is 107 cm³/mol. The van der Waals surface area contributed by atoms with Crippen molar-refractivity contribution < 1.29 is 13.2 Å². The lowest BCUT2D eigenvalue weighted by molar-refractivity contribution is -0.133. The third-order valence-corrected chi connectivity index (χ3v) is 8.20. The molecule has 0 bridgehead atoms. The van der Waals surface area contributed by atoms with Gasteiger partial charge in [-0.15, -0.1) is 0 Å². The van der Waals surface area contributed by atoms with Crippen LogP contribution < -0.4 is 0 Å². The molecule has 0 saturated carbocycles. The number of rotatable bonds is 4. The third-order valence-electron chi connectivity index (χ3n) is 5.34. The van der Waals surface area contributed by atoms with Crippen molar-refractivity contribution in [3.05, 3.63) is 28.2 Å². The molecule has 27 heavy (non-hydrogen) atoms. The zero-order valence-corrected chi connectivity index (χ0v) is 17.7. The number of amides is 1. The van der Waals surface area contributed by atoms with E-state index in [2.05, 4.69) is 11.8 Å². The van der Waals surface area contributed by atoms with Crippen LogP contribution in [-0.2, 0) is 14.8 Å². The molecule has 0 N–H and O–H groups in total. The average molecular weight is 434 g/mol. The number of likely N-dealkylation sites (tertiary alicyclic amines) is 1. The van der Waals surface area contributed by atoms with Gasteiger partial charge >= 0.3 is 0 Å². The predicted octanol–water partition coefficient (Wildman–Crippen LogP) is 2.56. The largest absolute Gasteiger partial charge is 0.339 e. The van der Waals surface area contributed by atoms with Crippen molar-refractivity contribution in [3.63, 3.8) is 0 Å². The second kappa shape index (κ2) is 8.66. The van der Waals surface area contributed by atoms with Crippen LogP contribution in [0.4, 0.5) is 0 Å². The topological polar surface area (TPSA) is 60.9 Å². The number of piperidine rings is 1. The maximum Gasteiger partial charge on any atom is 0.246 e. The SMILES string of the molecule is CC1CCN(CC(=O)N2CCN(S(=O)(=O)c3c(Cl)cccc3Cl)CC2)CC1. The Balaban J connectivity index is 1.59. The van der Waals surface area contributed by atoms with Crippen molar-refractivity contribution >= 4 is 39.1 Å². The first-order valence-electron chi connectivity index (χ1n) is 9.23. The minimum Gasteiger partial charge on any atom is -0.339 e. The molecular weight excluding hydrogens is 409 g/mol. The first-order chi connectivity index (χ1) is 12.8. The van der Waals surface area contributed by atoms with Gasteiger partial charge in [0, 0.05) is 26.2 Å². The van der Waals surface area contributed by atoms with Crippen molar-refractivity contribution in [2.75, 3.05) is 45.8 Å². The van der Waals surface area contributed by atoms with Gasteiger partial charge in [-0.1, -0.05) is 36.2 Å². The van der Waals surface area contributed by atoms with E-state index >= 15 is 0 Å². The number of piperazine rings is 1. The fourth-order valence-corrected chi connectivity index (χ4v) is 6.06. The molecule has 0 spiro atoms. The molecule has 0 aromatic heterocycles. The van der Waals surface area contributed by atoms with Gasteiger partial charge in [0.2, 0.25) is 15.9 Å². The van der Waals surface area contributed by atoms with Crippen molar-refractivity contribution in [1.82, 2.24) is 14.1 Å². The van der Waals surface area contributed by atoms with Crippen LogP contribution in [0.1, 0.15) is 19.8 Å². The summed E-state index contributed by atoms with van der Waals surface area (Å²) in [5, 5.41) is 0.223. The molecule has 2 saturated heterocycles. The van der Waals surface area contributed by atoms with E-state index in [1.54, 1.807) is 11.0 Å². The Labute approximate surface area is 171 Å². The molecule has 150 valence electrons. The number of hydrogen-bond acceptors (Lipinski definition) is 4. The van der Waals surface area contributed by atoms with E-state index in [9.17, 15) is 13.2 Å². The summed E-state index contributed by atoms with van der Waals surface area (Å²) < 4.78 is 27.2. The summed E-state index contributed by atoms with van der Waals surface area (Å²) in [4.78, 5) is 16.4. The molecule has 1 amide bonds.